The number of ether oxygens (including phenoxy) is 1. The van der Waals surface area contributed by atoms with Crippen molar-refractivity contribution < 1.29 is 48.2 Å². The van der Waals surface area contributed by atoms with Crippen LogP contribution in [-0.2, 0) is 40.1 Å². The number of ketones is 1. The molecule has 5 rings (SSSR count). The Kier molecular flexibility index (Phi) is 17.0. The molecule has 1 aliphatic heterocycles. The summed E-state index contributed by atoms with van der Waals surface area (Å²) in [6, 6.07) is 14.7. The van der Waals surface area contributed by atoms with Crippen molar-refractivity contribution in [3.63, 3.8) is 0 Å². The quantitative estimate of drug-likeness (QED) is 0.0950. The van der Waals surface area contributed by atoms with Gasteiger partial charge in [0.1, 0.15) is 18.1 Å². The lowest BCUT2D eigenvalue weighted by atomic mass is 9.83. The van der Waals surface area contributed by atoms with Crippen LogP contribution in [0.15, 0.2) is 72.8 Å². The first-order valence-electron chi connectivity index (χ1n) is 20.4. The van der Waals surface area contributed by atoms with Crippen LogP contribution in [0.4, 0.5) is 0 Å². The summed E-state index contributed by atoms with van der Waals surface area (Å²) in [7, 11) is 0. The Morgan fingerprint density at radius 2 is 1.48 bits per heavy atom. The van der Waals surface area contributed by atoms with Gasteiger partial charge in [-0.15, -0.1) is 0 Å². The predicted molar refractivity (Wildman–Crippen MR) is 228 cm³/mol. The molecule has 1 heterocycles. The molecule has 330 valence electrons. The molecule has 1 saturated heterocycles. The second-order valence-corrected chi connectivity index (χ2v) is 16.2. The third kappa shape index (κ3) is 12.4. The number of Topliss-reactive ketones (excluding diaryl/α,β-unsaturated/α-hetero) is 1. The number of carboxylic acid groups (broad SMARTS) is 1. The van der Waals surface area contributed by atoms with E-state index < -0.39 is 89.6 Å². The van der Waals surface area contributed by atoms with E-state index in [4.69, 9.17) is 33.7 Å². The summed E-state index contributed by atoms with van der Waals surface area (Å²) in [5.74, 6) is -7.88. The molecule has 5 atom stereocenters. The number of halogens is 2. The van der Waals surface area contributed by atoms with Gasteiger partial charge in [0.05, 0.1) is 46.5 Å². The van der Waals surface area contributed by atoms with Crippen LogP contribution >= 0.6 is 23.2 Å². The molecule has 2 aliphatic rings. The van der Waals surface area contributed by atoms with Crippen LogP contribution < -0.4 is 27.0 Å². The van der Waals surface area contributed by atoms with Gasteiger partial charge in [-0.25, -0.2) is 4.79 Å². The van der Waals surface area contributed by atoms with Crippen LogP contribution in [0.2, 0.25) is 10.0 Å². The summed E-state index contributed by atoms with van der Waals surface area (Å²) >= 11 is 12.3. The molecule has 1 aliphatic carbocycles. The minimum Gasteiger partial charge on any atom is -0.478 e. The molecule has 0 aromatic heterocycles. The Labute approximate surface area is 368 Å². The van der Waals surface area contributed by atoms with Crippen molar-refractivity contribution in [2.45, 2.75) is 95.2 Å². The Morgan fingerprint density at radius 1 is 0.855 bits per heavy atom. The molecule has 18 heteroatoms. The molecule has 3 aromatic carbocycles. The minimum absolute atomic E-state index is 0.00748. The lowest BCUT2D eigenvalue weighted by Crippen LogP contribution is -2.58. The third-order valence-electron chi connectivity index (χ3n) is 11.0. The molecule has 1 saturated carbocycles. The highest BCUT2D eigenvalue weighted by atomic mass is 35.5. The number of aromatic carboxylic acids is 1. The van der Waals surface area contributed by atoms with Gasteiger partial charge in [-0.2, -0.15) is 0 Å². The lowest BCUT2D eigenvalue weighted by Gasteiger charge is -2.35. The highest BCUT2D eigenvalue weighted by Gasteiger charge is 2.45. The molecule has 16 nitrogen and oxygen atoms in total. The number of amides is 6. The summed E-state index contributed by atoms with van der Waals surface area (Å²) < 4.78 is 6.20. The van der Waals surface area contributed by atoms with Crippen LogP contribution in [0.5, 0.6) is 0 Å². The average Bonchev–Trinajstić information content (AvgIpc) is 3.71. The summed E-state index contributed by atoms with van der Waals surface area (Å²) in [6.45, 7) is 1.17. The maximum Gasteiger partial charge on any atom is 0.336 e. The molecular weight excluding hydrogens is 843 g/mol. The molecule has 2 unspecified atom stereocenters. The van der Waals surface area contributed by atoms with E-state index in [2.05, 4.69) is 21.3 Å². The summed E-state index contributed by atoms with van der Waals surface area (Å²) in [6.07, 6.45) is 3.34. The summed E-state index contributed by atoms with van der Waals surface area (Å²) in [5, 5.41) is 19.8. The fraction of sp³-hybridized carbons (Fsp3) is 0.409. The SMILES string of the molecule is CCCC(NC(=O)[C@@H]1C[C@@H](OCc2ccccc2)CN1C(=O)C(NC(=O)c1cc(Cl)c(Cl)cc1C(=O)O)C1CCCCC1)C(=O)C(=O)NCC(=O)N[C@@H](C(N)=O)c1ccccc1. The van der Waals surface area contributed by atoms with E-state index >= 15 is 0 Å². The molecule has 62 heavy (non-hydrogen) atoms. The fourth-order valence-corrected chi connectivity index (χ4v) is 8.09. The van der Waals surface area contributed by atoms with Crippen molar-refractivity contribution >= 4 is 70.4 Å². The molecule has 3 aromatic rings. The molecule has 6 amide bonds. The standard InChI is InChI=1S/C44H50Cl2N6O10/c1-2-12-33(38(54)42(58)48-22-35(53)50-36(39(47)55)26-15-8-4-9-16-26)49-41(57)34-19-28(62-24-25-13-6-3-7-14-25)23-52(34)43(59)37(27-17-10-5-11-18-27)51-40(56)29-20-31(45)32(46)21-30(29)44(60)61/h3-4,6-9,13-16,20-21,27-28,33-34,36-37H,2,5,10-12,17-19,22-24H2,1H3,(H2,47,55)(H,48,58)(H,49,57)(H,50,53)(H,51,56)(H,60,61)/t28-,33?,34+,36-,37?/m1/s1. The monoisotopic (exact) mass is 892 g/mol. The highest BCUT2D eigenvalue weighted by molar-refractivity contribution is 6.42. The first kappa shape index (κ1) is 47.2. The van der Waals surface area contributed by atoms with E-state index in [0.29, 0.717) is 24.8 Å². The van der Waals surface area contributed by atoms with E-state index in [0.717, 1.165) is 37.0 Å². The van der Waals surface area contributed by atoms with E-state index in [1.807, 2.05) is 30.3 Å². The van der Waals surface area contributed by atoms with Crippen LogP contribution in [0, 0.1) is 5.92 Å². The Hall–Kier alpha value is -5.84. The highest BCUT2D eigenvalue weighted by Crippen LogP contribution is 2.32. The van der Waals surface area contributed by atoms with E-state index in [-0.39, 0.29) is 47.5 Å². The molecule has 2 fully saturated rings. The number of carbonyl (C=O) groups excluding carboxylic acids is 7. The number of carboxylic acids is 1. The fourth-order valence-electron chi connectivity index (χ4n) is 7.76. The first-order valence-corrected chi connectivity index (χ1v) is 21.2. The first-order chi connectivity index (χ1) is 29.7. The van der Waals surface area contributed by atoms with Crippen LogP contribution in [0.3, 0.4) is 0 Å². The third-order valence-corrected chi connectivity index (χ3v) is 11.7. The summed E-state index contributed by atoms with van der Waals surface area (Å²) in [4.78, 5) is 108. The van der Waals surface area contributed by atoms with Gasteiger partial charge >= 0.3 is 5.97 Å². The van der Waals surface area contributed by atoms with E-state index in [1.54, 1.807) is 37.3 Å². The smallest absolute Gasteiger partial charge is 0.336 e. The Bertz CT molecular complexity index is 2140. The van der Waals surface area contributed by atoms with Gasteiger partial charge in [0.25, 0.3) is 11.8 Å². The zero-order valence-electron chi connectivity index (χ0n) is 34.1. The van der Waals surface area contributed by atoms with Crippen LogP contribution in [-0.4, -0.2) is 94.5 Å². The van der Waals surface area contributed by atoms with Gasteiger partial charge in [0.15, 0.2) is 0 Å². The molecule has 0 bridgehead atoms. The van der Waals surface area contributed by atoms with Gasteiger partial charge in [0.2, 0.25) is 29.4 Å². The predicted octanol–water partition coefficient (Wildman–Crippen LogP) is 3.87. The molecule has 0 radical (unpaired) electrons. The number of rotatable bonds is 19. The average molecular weight is 894 g/mol. The number of nitrogens with zero attached hydrogens (tertiary/aromatic N) is 1. The Morgan fingerprint density at radius 3 is 2.10 bits per heavy atom. The zero-order valence-corrected chi connectivity index (χ0v) is 35.6. The second-order valence-electron chi connectivity index (χ2n) is 15.3. The van der Waals surface area contributed by atoms with Crippen molar-refractivity contribution in [2.75, 3.05) is 13.1 Å². The summed E-state index contributed by atoms with van der Waals surface area (Å²) in [5.41, 5.74) is 6.02. The zero-order chi connectivity index (χ0) is 44.9. The van der Waals surface area contributed by atoms with Gasteiger partial charge in [0, 0.05) is 13.0 Å². The minimum atomic E-state index is -1.43. The van der Waals surface area contributed by atoms with E-state index in [1.165, 1.54) is 4.90 Å². The molecular formula is C44H50Cl2N6O10. The second kappa shape index (κ2) is 22.3. The maximum absolute atomic E-state index is 14.8. The van der Waals surface area contributed by atoms with Crippen molar-refractivity contribution in [1.82, 2.24) is 26.2 Å². The maximum atomic E-state index is 14.8. The number of hydrogen-bond donors (Lipinski definition) is 6. The van der Waals surface area contributed by atoms with Gasteiger partial charge in [-0.05, 0) is 48.4 Å². The van der Waals surface area contributed by atoms with Crippen LogP contribution in [0.1, 0.15) is 96.2 Å². The van der Waals surface area contributed by atoms with Crippen molar-refractivity contribution in [3.05, 3.63) is 105 Å². The van der Waals surface area contributed by atoms with E-state index in [9.17, 15) is 43.5 Å². The van der Waals surface area contributed by atoms with Gasteiger partial charge in [-0.1, -0.05) is 116 Å². The normalized spacial score (nSPS) is 17.8. The largest absolute Gasteiger partial charge is 0.478 e. The lowest BCUT2D eigenvalue weighted by molar-refractivity contribution is -0.143. The van der Waals surface area contributed by atoms with Crippen molar-refractivity contribution in [1.29, 1.82) is 0 Å². The number of likely N-dealkylation sites (tertiary alicyclic amines) is 1. The van der Waals surface area contributed by atoms with Gasteiger partial charge in [-0.3, -0.25) is 33.6 Å². The van der Waals surface area contributed by atoms with Crippen molar-refractivity contribution in [3.8, 4) is 0 Å². The number of primary amides is 1. The molecule has 7 N–H and O–H groups in total. The van der Waals surface area contributed by atoms with Crippen LogP contribution in [0.25, 0.3) is 0 Å². The number of nitrogens with one attached hydrogen (secondary N) is 4. The topological polar surface area (TPSA) is 243 Å². The number of hydrogen-bond acceptors (Lipinski definition) is 9. The molecule has 0 spiro atoms. The van der Waals surface area contributed by atoms with Crippen molar-refractivity contribution in [2.24, 2.45) is 11.7 Å². The number of carbonyl (C=O) groups is 8. The number of nitrogens with two attached hydrogens (primary N) is 1. The Balaban J connectivity index is 1.35. The van der Waals surface area contributed by atoms with Gasteiger partial charge < -0.3 is 41.7 Å². The number of benzene rings is 3.